The third-order valence-corrected chi connectivity index (χ3v) is 4.11. The van der Waals surface area contributed by atoms with Crippen LogP contribution in [0.2, 0.25) is 0 Å². The average Bonchev–Trinajstić information content (AvgIpc) is 2.63. The molecule has 1 heterocycles. The van der Waals surface area contributed by atoms with Crippen LogP contribution in [-0.4, -0.2) is 15.7 Å². The molecule has 0 bridgehead atoms. The lowest BCUT2D eigenvalue weighted by Crippen LogP contribution is -1.89. The Balaban J connectivity index is 2.35. The number of aliphatic imine (C=N–C) groups is 1. The van der Waals surface area contributed by atoms with E-state index in [4.69, 9.17) is 0 Å². The van der Waals surface area contributed by atoms with Crippen molar-refractivity contribution in [3.8, 4) is 0 Å². The van der Waals surface area contributed by atoms with Gasteiger partial charge in [-0.15, -0.1) is 11.8 Å². The molecule has 2 nitrogen and oxygen atoms in total. The van der Waals surface area contributed by atoms with E-state index in [1.54, 1.807) is 0 Å². The van der Waals surface area contributed by atoms with Gasteiger partial charge in [0.1, 0.15) is 10.1 Å². The molecule has 0 aliphatic carbocycles. The van der Waals surface area contributed by atoms with E-state index in [-0.39, 0.29) is 5.12 Å². The minimum atomic E-state index is 0.0348. The third-order valence-electron chi connectivity index (χ3n) is 2.26. The Hall–Kier alpha value is -1.000. The summed E-state index contributed by atoms with van der Waals surface area (Å²) in [6.07, 6.45) is 3.78. The summed E-state index contributed by atoms with van der Waals surface area (Å²) in [7, 11) is 0. The van der Waals surface area contributed by atoms with Crippen molar-refractivity contribution in [3.05, 3.63) is 41.1 Å². The molecule has 0 saturated carbocycles. The number of hydrogen-bond acceptors (Lipinski definition) is 4. The SMILES string of the molecule is CSC1=N/C(=C/c2ccccc2C)C(=O)S1. The van der Waals surface area contributed by atoms with Crippen LogP contribution in [0.3, 0.4) is 0 Å². The molecule has 1 aliphatic heterocycles. The molecule has 0 N–H and O–H groups in total. The van der Waals surface area contributed by atoms with Crippen molar-refractivity contribution in [2.75, 3.05) is 6.26 Å². The van der Waals surface area contributed by atoms with Crippen LogP contribution in [0.4, 0.5) is 0 Å². The van der Waals surface area contributed by atoms with Crippen molar-refractivity contribution < 1.29 is 4.79 Å². The Morgan fingerprint density at radius 1 is 1.38 bits per heavy atom. The lowest BCUT2D eigenvalue weighted by molar-refractivity contribution is -0.107. The average molecular weight is 249 g/mol. The number of nitrogens with zero attached hydrogens (tertiary/aromatic N) is 1. The van der Waals surface area contributed by atoms with Gasteiger partial charge in [-0.2, -0.15) is 0 Å². The topological polar surface area (TPSA) is 29.4 Å². The highest BCUT2D eigenvalue weighted by atomic mass is 32.2. The summed E-state index contributed by atoms with van der Waals surface area (Å²) in [5, 5.41) is 0.0348. The normalized spacial score (nSPS) is 18.0. The molecular formula is C12H11NOS2. The molecule has 0 atom stereocenters. The summed E-state index contributed by atoms with van der Waals surface area (Å²) in [4.78, 5) is 15.9. The molecule has 0 radical (unpaired) electrons. The minimum Gasteiger partial charge on any atom is -0.279 e. The molecule has 0 amide bonds. The highest BCUT2D eigenvalue weighted by molar-refractivity contribution is 8.45. The van der Waals surface area contributed by atoms with Gasteiger partial charge in [-0.25, -0.2) is 4.99 Å². The number of aryl methyl sites for hydroxylation is 1. The Morgan fingerprint density at radius 2 is 2.12 bits per heavy atom. The summed E-state index contributed by atoms with van der Waals surface area (Å²) in [6, 6.07) is 7.97. The molecule has 0 spiro atoms. The van der Waals surface area contributed by atoms with Crippen molar-refractivity contribution >= 4 is 39.1 Å². The van der Waals surface area contributed by atoms with Gasteiger partial charge in [0.2, 0.25) is 5.12 Å². The maximum absolute atomic E-state index is 11.6. The summed E-state index contributed by atoms with van der Waals surface area (Å²) in [6.45, 7) is 2.03. The first-order chi connectivity index (χ1) is 7.70. The molecule has 0 aromatic heterocycles. The van der Waals surface area contributed by atoms with Gasteiger partial charge >= 0.3 is 0 Å². The van der Waals surface area contributed by atoms with E-state index in [0.29, 0.717) is 5.70 Å². The van der Waals surface area contributed by atoms with Crippen LogP contribution in [0.25, 0.3) is 6.08 Å². The van der Waals surface area contributed by atoms with E-state index in [2.05, 4.69) is 4.99 Å². The van der Waals surface area contributed by atoms with E-state index in [0.717, 1.165) is 15.5 Å². The first-order valence-corrected chi connectivity index (χ1v) is 6.87. The van der Waals surface area contributed by atoms with E-state index < -0.39 is 0 Å². The fraction of sp³-hybridized carbons (Fsp3) is 0.167. The quantitative estimate of drug-likeness (QED) is 0.715. The van der Waals surface area contributed by atoms with Crippen molar-refractivity contribution in [1.29, 1.82) is 0 Å². The standard InChI is InChI=1S/C12H11NOS2/c1-8-5-3-4-6-9(8)7-10-11(14)16-12(13-10)15-2/h3-7H,1-2H3/b10-7+. The maximum Gasteiger partial charge on any atom is 0.244 e. The first-order valence-electron chi connectivity index (χ1n) is 4.83. The van der Waals surface area contributed by atoms with Crippen molar-refractivity contribution in [1.82, 2.24) is 0 Å². The number of carbonyl (C=O) groups is 1. The molecular weight excluding hydrogens is 238 g/mol. The van der Waals surface area contributed by atoms with Crippen LogP contribution >= 0.6 is 23.5 Å². The second kappa shape index (κ2) is 4.89. The van der Waals surface area contributed by atoms with Gasteiger partial charge in [-0.05, 0) is 42.1 Å². The van der Waals surface area contributed by atoms with Gasteiger partial charge in [-0.3, -0.25) is 4.79 Å². The zero-order chi connectivity index (χ0) is 11.5. The number of rotatable bonds is 1. The lowest BCUT2D eigenvalue weighted by atomic mass is 10.1. The van der Waals surface area contributed by atoms with Crippen LogP contribution in [0.15, 0.2) is 35.0 Å². The molecule has 1 aromatic rings. The Labute approximate surface area is 103 Å². The van der Waals surface area contributed by atoms with Crippen LogP contribution < -0.4 is 0 Å². The van der Waals surface area contributed by atoms with Gasteiger partial charge in [0, 0.05) is 0 Å². The zero-order valence-electron chi connectivity index (χ0n) is 9.06. The van der Waals surface area contributed by atoms with Gasteiger partial charge in [-0.1, -0.05) is 24.3 Å². The van der Waals surface area contributed by atoms with Crippen molar-refractivity contribution in [2.24, 2.45) is 4.99 Å². The van der Waals surface area contributed by atoms with Gasteiger partial charge in [0.15, 0.2) is 0 Å². The number of thioether (sulfide) groups is 2. The van der Waals surface area contributed by atoms with Crippen LogP contribution in [-0.2, 0) is 4.79 Å². The van der Waals surface area contributed by atoms with Gasteiger partial charge in [0.05, 0.1) is 0 Å². The molecule has 16 heavy (non-hydrogen) atoms. The predicted octanol–water partition coefficient (Wildman–Crippen LogP) is 3.33. The molecule has 0 fully saturated rings. The van der Waals surface area contributed by atoms with Gasteiger partial charge < -0.3 is 0 Å². The highest BCUT2D eigenvalue weighted by Crippen LogP contribution is 2.30. The predicted molar refractivity (Wildman–Crippen MR) is 72.7 cm³/mol. The molecule has 82 valence electrons. The molecule has 4 heteroatoms. The fourth-order valence-electron chi connectivity index (χ4n) is 1.37. The highest BCUT2D eigenvalue weighted by Gasteiger charge is 2.21. The van der Waals surface area contributed by atoms with Crippen LogP contribution in [0, 0.1) is 6.92 Å². The molecule has 1 aliphatic rings. The first kappa shape index (κ1) is 11.5. The molecule has 0 saturated heterocycles. The second-order valence-electron chi connectivity index (χ2n) is 3.36. The largest absolute Gasteiger partial charge is 0.279 e. The Bertz CT molecular complexity index is 492. The Morgan fingerprint density at radius 3 is 2.75 bits per heavy atom. The number of hydrogen-bond donors (Lipinski definition) is 0. The second-order valence-corrected chi connectivity index (χ2v) is 5.37. The lowest BCUT2D eigenvalue weighted by Gasteiger charge is -1.98. The van der Waals surface area contributed by atoms with Gasteiger partial charge in [0.25, 0.3) is 0 Å². The maximum atomic E-state index is 11.6. The van der Waals surface area contributed by atoms with Crippen molar-refractivity contribution in [2.45, 2.75) is 6.92 Å². The third kappa shape index (κ3) is 2.39. The zero-order valence-corrected chi connectivity index (χ0v) is 10.7. The van der Waals surface area contributed by atoms with Crippen LogP contribution in [0.1, 0.15) is 11.1 Å². The van der Waals surface area contributed by atoms with Crippen molar-refractivity contribution in [3.63, 3.8) is 0 Å². The fourth-order valence-corrected chi connectivity index (χ4v) is 2.63. The monoisotopic (exact) mass is 249 g/mol. The number of benzene rings is 1. The van der Waals surface area contributed by atoms with E-state index in [1.165, 1.54) is 23.5 Å². The Kier molecular flexibility index (Phi) is 3.51. The smallest absolute Gasteiger partial charge is 0.244 e. The summed E-state index contributed by atoms with van der Waals surface area (Å²) < 4.78 is 0.824. The van der Waals surface area contributed by atoms with Crippen LogP contribution in [0.5, 0.6) is 0 Å². The summed E-state index contributed by atoms with van der Waals surface area (Å²) >= 11 is 2.71. The van der Waals surface area contributed by atoms with E-state index in [9.17, 15) is 4.79 Å². The van der Waals surface area contributed by atoms with E-state index >= 15 is 0 Å². The molecule has 2 rings (SSSR count). The molecule has 0 unspecified atom stereocenters. The summed E-state index contributed by atoms with van der Waals surface area (Å²) in [5.41, 5.74) is 2.75. The van der Waals surface area contributed by atoms with E-state index in [1.807, 2.05) is 43.5 Å². The molecule has 1 aromatic carbocycles. The minimum absolute atomic E-state index is 0.0348. The number of carbonyl (C=O) groups excluding carboxylic acids is 1. The summed E-state index contributed by atoms with van der Waals surface area (Å²) in [5.74, 6) is 0.